The Labute approximate surface area is 121 Å². The van der Waals surface area contributed by atoms with Gasteiger partial charge in [-0.25, -0.2) is 9.59 Å². The minimum atomic E-state index is -0.454. The summed E-state index contributed by atoms with van der Waals surface area (Å²) in [6.07, 6.45) is 3.34. The first-order valence-corrected chi connectivity index (χ1v) is 6.81. The zero-order valence-electron chi connectivity index (χ0n) is 11.5. The molecule has 0 N–H and O–H groups in total. The van der Waals surface area contributed by atoms with Crippen LogP contribution in [-0.4, -0.2) is 38.1 Å². The van der Waals surface area contributed by atoms with Crippen LogP contribution in [-0.2, 0) is 19.1 Å². The molecule has 0 aliphatic carbocycles. The molecule has 0 saturated carbocycles. The fourth-order valence-electron chi connectivity index (χ4n) is 2.13. The summed E-state index contributed by atoms with van der Waals surface area (Å²) in [6.45, 7) is 0. The highest BCUT2D eigenvalue weighted by Crippen LogP contribution is 2.38. The van der Waals surface area contributed by atoms with Gasteiger partial charge < -0.3 is 14.4 Å². The van der Waals surface area contributed by atoms with Crippen molar-refractivity contribution in [3.8, 4) is 0 Å². The van der Waals surface area contributed by atoms with Crippen molar-refractivity contribution in [1.82, 2.24) is 4.90 Å². The Morgan fingerprint density at radius 1 is 1.15 bits per heavy atom. The van der Waals surface area contributed by atoms with Gasteiger partial charge in [0, 0.05) is 24.3 Å². The molecule has 1 aromatic heterocycles. The number of nitrogens with zero attached hydrogens (tertiary/aromatic N) is 1. The number of thiophene rings is 1. The highest BCUT2D eigenvalue weighted by atomic mass is 32.1. The SMILES string of the molecule is COC(=O)C1=CN(C)C=C(C(=O)OC)C1c1cccs1. The van der Waals surface area contributed by atoms with Crippen LogP contribution in [0, 0.1) is 0 Å². The summed E-state index contributed by atoms with van der Waals surface area (Å²) in [6, 6.07) is 3.76. The Balaban J connectivity index is 2.51. The lowest BCUT2D eigenvalue weighted by Gasteiger charge is -2.26. The number of carbonyl (C=O) groups is 2. The molecule has 0 fully saturated rings. The monoisotopic (exact) mass is 293 g/mol. The van der Waals surface area contributed by atoms with E-state index in [0.717, 1.165) is 4.88 Å². The maximum absolute atomic E-state index is 12.0. The first-order valence-electron chi connectivity index (χ1n) is 5.94. The second-order valence-corrected chi connectivity index (χ2v) is 5.25. The van der Waals surface area contributed by atoms with Crippen LogP contribution >= 0.6 is 11.3 Å². The Morgan fingerprint density at radius 2 is 1.70 bits per heavy atom. The van der Waals surface area contributed by atoms with E-state index in [4.69, 9.17) is 9.47 Å². The molecule has 2 rings (SSSR count). The van der Waals surface area contributed by atoms with Gasteiger partial charge in [0.2, 0.25) is 0 Å². The van der Waals surface area contributed by atoms with Crippen LogP contribution < -0.4 is 0 Å². The van der Waals surface area contributed by atoms with Gasteiger partial charge in [-0.1, -0.05) is 6.07 Å². The summed E-state index contributed by atoms with van der Waals surface area (Å²) in [5.74, 6) is -1.36. The molecule has 1 aromatic rings. The first kappa shape index (κ1) is 14.3. The van der Waals surface area contributed by atoms with Crippen LogP contribution in [0.4, 0.5) is 0 Å². The lowest BCUT2D eigenvalue weighted by molar-refractivity contribution is -0.137. The summed E-state index contributed by atoms with van der Waals surface area (Å²) < 4.78 is 9.64. The molecule has 0 atom stereocenters. The molecule has 0 saturated heterocycles. The van der Waals surface area contributed by atoms with E-state index < -0.39 is 17.9 Å². The Bertz CT molecular complexity index is 540. The summed E-state index contributed by atoms with van der Waals surface area (Å²) >= 11 is 1.48. The molecular weight excluding hydrogens is 278 g/mol. The maximum Gasteiger partial charge on any atom is 0.336 e. The van der Waals surface area contributed by atoms with Crippen molar-refractivity contribution in [2.75, 3.05) is 21.3 Å². The molecule has 2 heterocycles. The van der Waals surface area contributed by atoms with Crippen molar-refractivity contribution in [2.24, 2.45) is 0 Å². The molecule has 6 heteroatoms. The predicted molar refractivity (Wildman–Crippen MR) is 75.0 cm³/mol. The van der Waals surface area contributed by atoms with E-state index in [1.54, 1.807) is 24.3 Å². The van der Waals surface area contributed by atoms with Gasteiger partial charge in [0.1, 0.15) is 0 Å². The van der Waals surface area contributed by atoms with E-state index in [0.29, 0.717) is 11.1 Å². The van der Waals surface area contributed by atoms with Crippen LogP contribution in [0.25, 0.3) is 0 Å². The summed E-state index contributed by atoms with van der Waals surface area (Å²) in [5, 5.41) is 1.90. The van der Waals surface area contributed by atoms with Gasteiger partial charge in [0.15, 0.2) is 0 Å². The van der Waals surface area contributed by atoms with Crippen LogP contribution in [0.2, 0.25) is 0 Å². The zero-order valence-corrected chi connectivity index (χ0v) is 12.3. The van der Waals surface area contributed by atoms with Crippen LogP contribution in [0.15, 0.2) is 41.1 Å². The minimum Gasteiger partial charge on any atom is -0.466 e. The van der Waals surface area contributed by atoms with Crippen molar-refractivity contribution in [2.45, 2.75) is 5.92 Å². The van der Waals surface area contributed by atoms with Crippen molar-refractivity contribution in [3.05, 3.63) is 45.9 Å². The van der Waals surface area contributed by atoms with Gasteiger partial charge in [0.05, 0.1) is 31.3 Å². The molecule has 0 spiro atoms. The molecule has 0 amide bonds. The lowest BCUT2D eigenvalue weighted by Crippen LogP contribution is -2.26. The topological polar surface area (TPSA) is 55.8 Å². The van der Waals surface area contributed by atoms with Gasteiger partial charge in [-0.05, 0) is 11.4 Å². The summed E-state index contributed by atoms with van der Waals surface area (Å²) in [5.41, 5.74) is 0.834. The zero-order chi connectivity index (χ0) is 14.7. The second kappa shape index (κ2) is 5.92. The number of hydrogen-bond donors (Lipinski definition) is 0. The molecule has 5 nitrogen and oxygen atoms in total. The number of methoxy groups -OCH3 is 2. The van der Waals surface area contributed by atoms with E-state index in [1.807, 2.05) is 17.5 Å². The number of carbonyl (C=O) groups excluding carboxylic acids is 2. The third-order valence-corrected chi connectivity index (χ3v) is 3.91. The average molecular weight is 293 g/mol. The van der Waals surface area contributed by atoms with Gasteiger partial charge >= 0.3 is 11.9 Å². The van der Waals surface area contributed by atoms with E-state index in [-0.39, 0.29) is 0 Å². The van der Waals surface area contributed by atoms with E-state index in [2.05, 4.69) is 0 Å². The van der Waals surface area contributed by atoms with Crippen molar-refractivity contribution >= 4 is 23.3 Å². The Kier molecular flexibility index (Phi) is 4.24. The van der Waals surface area contributed by atoms with Gasteiger partial charge in [-0.3, -0.25) is 0 Å². The number of hydrogen-bond acceptors (Lipinski definition) is 6. The van der Waals surface area contributed by atoms with Crippen LogP contribution in [0.1, 0.15) is 10.8 Å². The second-order valence-electron chi connectivity index (χ2n) is 4.27. The molecular formula is C14H15NO4S. The average Bonchev–Trinajstić information content (AvgIpc) is 2.98. The predicted octanol–water partition coefficient (Wildman–Crippen LogP) is 1.89. The molecule has 20 heavy (non-hydrogen) atoms. The molecule has 0 unspecified atom stereocenters. The van der Waals surface area contributed by atoms with Gasteiger partial charge in [0.25, 0.3) is 0 Å². The van der Waals surface area contributed by atoms with E-state index in [9.17, 15) is 9.59 Å². The van der Waals surface area contributed by atoms with Gasteiger partial charge in [-0.15, -0.1) is 11.3 Å². The third kappa shape index (κ3) is 2.60. The smallest absolute Gasteiger partial charge is 0.336 e. The highest BCUT2D eigenvalue weighted by molar-refractivity contribution is 7.10. The van der Waals surface area contributed by atoms with Crippen molar-refractivity contribution < 1.29 is 19.1 Å². The number of esters is 2. The normalized spacial score (nSPS) is 15.4. The maximum atomic E-state index is 12.0. The summed E-state index contributed by atoms with van der Waals surface area (Å²) in [7, 11) is 4.39. The molecule has 106 valence electrons. The fraction of sp³-hybridized carbons (Fsp3) is 0.286. The highest BCUT2D eigenvalue weighted by Gasteiger charge is 2.35. The number of ether oxygens (including phenoxy) is 2. The Morgan fingerprint density at radius 3 is 2.10 bits per heavy atom. The van der Waals surface area contributed by atoms with Crippen molar-refractivity contribution in [1.29, 1.82) is 0 Å². The first-order chi connectivity index (χ1) is 9.58. The van der Waals surface area contributed by atoms with Crippen LogP contribution in [0.3, 0.4) is 0 Å². The lowest BCUT2D eigenvalue weighted by atomic mass is 9.88. The molecule has 0 aromatic carbocycles. The van der Waals surface area contributed by atoms with E-state index >= 15 is 0 Å². The quantitative estimate of drug-likeness (QED) is 0.797. The minimum absolute atomic E-state index is 0.417. The summed E-state index contributed by atoms with van der Waals surface area (Å²) in [4.78, 5) is 26.5. The molecule has 0 bridgehead atoms. The van der Waals surface area contributed by atoms with Gasteiger partial charge in [-0.2, -0.15) is 0 Å². The molecule has 0 radical (unpaired) electrons. The van der Waals surface area contributed by atoms with Crippen molar-refractivity contribution in [3.63, 3.8) is 0 Å². The van der Waals surface area contributed by atoms with Crippen LogP contribution in [0.5, 0.6) is 0 Å². The number of rotatable bonds is 3. The standard InChI is InChI=1S/C14H15NO4S/c1-15-7-9(13(16)18-2)12(11-5-4-6-20-11)10(8-15)14(17)19-3/h4-8,12H,1-3H3. The Hall–Kier alpha value is -2.08. The molecule has 1 aliphatic heterocycles. The van der Waals surface area contributed by atoms with E-state index in [1.165, 1.54) is 25.6 Å². The largest absolute Gasteiger partial charge is 0.466 e. The third-order valence-electron chi connectivity index (χ3n) is 2.98. The fourth-order valence-corrected chi connectivity index (χ4v) is 2.99. The molecule has 1 aliphatic rings.